The number of nitrogens with zero attached hydrogens (tertiary/aromatic N) is 1. The maximum atomic E-state index is 11.8. The lowest BCUT2D eigenvalue weighted by molar-refractivity contribution is -0.116. The number of aliphatic hydroxyl groups is 1. The normalized spacial score (nSPS) is 15.0. The van der Waals surface area contributed by atoms with E-state index >= 15 is 0 Å². The van der Waals surface area contributed by atoms with E-state index in [0.717, 1.165) is 24.1 Å². The predicted molar refractivity (Wildman–Crippen MR) is 89.1 cm³/mol. The second kappa shape index (κ2) is 6.71. The Morgan fingerprint density at radius 2 is 2.35 bits per heavy atom. The zero-order valence-electron chi connectivity index (χ0n) is 13.0. The van der Waals surface area contributed by atoms with Gasteiger partial charge in [0.1, 0.15) is 0 Å². The topological polar surface area (TPSA) is 65.7 Å². The van der Waals surface area contributed by atoms with E-state index in [0.29, 0.717) is 0 Å². The largest absolute Gasteiger partial charge is 0.472 e. The Hall–Kier alpha value is -2.53. The molecule has 0 radical (unpaired) electrons. The van der Waals surface area contributed by atoms with E-state index in [9.17, 15) is 9.90 Å². The molecule has 2 aromatic rings. The number of carbonyl (C=O) groups is 1. The van der Waals surface area contributed by atoms with E-state index in [-0.39, 0.29) is 12.5 Å². The summed E-state index contributed by atoms with van der Waals surface area (Å²) in [5.41, 5.74) is 4.12. The van der Waals surface area contributed by atoms with Gasteiger partial charge < -0.3 is 19.7 Å². The first kappa shape index (κ1) is 15.4. The number of nitrogens with one attached hydrogen (secondary N) is 1. The molecule has 1 aliphatic rings. The van der Waals surface area contributed by atoms with E-state index in [4.69, 9.17) is 4.42 Å². The third kappa shape index (κ3) is 3.63. The number of rotatable bonds is 5. The zero-order chi connectivity index (χ0) is 16.2. The van der Waals surface area contributed by atoms with Crippen molar-refractivity contribution in [2.24, 2.45) is 0 Å². The summed E-state index contributed by atoms with van der Waals surface area (Å²) in [6.07, 6.45) is 6.47. The van der Waals surface area contributed by atoms with Crippen LogP contribution in [0, 0.1) is 0 Å². The van der Waals surface area contributed by atoms with Crippen LogP contribution in [0.2, 0.25) is 0 Å². The van der Waals surface area contributed by atoms with Gasteiger partial charge in [0.2, 0.25) is 5.91 Å². The first-order valence-corrected chi connectivity index (χ1v) is 7.63. The second-order valence-corrected chi connectivity index (χ2v) is 5.71. The molecule has 1 aliphatic heterocycles. The van der Waals surface area contributed by atoms with E-state index in [1.54, 1.807) is 24.7 Å². The maximum Gasteiger partial charge on any atom is 0.244 e. The summed E-state index contributed by atoms with van der Waals surface area (Å²) < 4.78 is 4.92. The molecule has 1 aromatic carbocycles. The van der Waals surface area contributed by atoms with Crippen LogP contribution in [0.4, 0.5) is 5.69 Å². The van der Waals surface area contributed by atoms with Crippen molar-refractivity contribution in [2.75, 3.05) is 25.0 Å². The minimum absolute atomic E-state index is 0.184. The van der Waals surface area contributed by atoms with Gasteiger partial charge in [0.25, 0.3) is 0 Å². The molecule has 1 amide bonds. The van der Waals surface area contributed by atoms with Gasteiger partial charge in [-0.1, -0.05) is 12.1 Å². The number of hydrogen-bond donors (Lipinski definition) is 2. The molecule has 0 fully saturated rings. The summed E-state index contributed by atoms with van der Waals surface area (Å²) in [5.74, 6) is -0.244. The first-order chi connectivity index (χ1) is 11.1. The van der Waals surface area contributed by atoms with Crippen molar-refractivity contribution >= 4 is 17.7 Å². The second-order valence-electron chi connectivity index (χ2n) is 5.71. The van der Waals surface area contributed by atoms with E-state index < -0.39 is 6.10 Å². The van der Waals surface area contributed by atoms with Gasteiger partial charge >= 0.3 is 0 Å². The number of hydrogen-bond acceptors (Lipinski definition) is 4. The Bertz CT molecular complexity index is 707. The molecule has 1 aromatic heterocycles. The third-order valence-corrected chi connectivity index (χ3v) is 4.06. The van der Waals surface area contributed by atoms with Crippen LogP contribution in [0.5, 0.6) is 0 Å². The van der Waals surface area contributed by atoms with Crippen molar-refractivity contribution < 1.29 is 14.3 Å². The lowest BCUT2D eigenvalue weighted by atomic mass is 10.0. The van der Waals surface area contributed by atoms with Gasteiger partial charge in [-0.15, -0.1) is 0 Å². The van der Waals surface area contributed by atoms with Gasteiger partial charge in [-0.2, -0.15) is 0 Å². The number of benzene rings is 1. The summed E-state index contributed by atoms with van der Waals surface area (Å²) in [5, 5.41) is 13.0. The van der Waals surface area contributed by atoms with Crippen LogP contribution < -0.4 is 10.2 Å². The molecule has 2 N–H and O–H groups in total. The summed E-state index contributed by atoms with van der Waals surface area (Å²) in [6.45, 7) is 1.19. The number of aliphatic hydroxyl groups excluding tert-OH is 1. The van der Waals surface area contributed by atoms with Crippen molar-refractivity contribution in [3.63, 3.8) is 0 Å². The molecule has 1 atom stereocenters. The van der Waals surface area contributed by atoms with Crippen molar-refractivity contribution in [1.82, 2.24) is 5.32 Å². The summed E-state index contributed by atoms with van der Waals surface area (Å²) in [6, 6.07) is 7.73. The van der Waals surface area contributed by atoms with Crippen molar-refractivity contribution in [3.05, 3.63) is 59.6 Å². The van der Waals surface area contributed by atoms with E-state index in [1.165, 1.54) is 17.3 Å². The fraction of sp³-hybridized carbons (Fsp3) is 0.278. The van der Waals surface area contributed by atoms with Crippen LogP contribution in [-0.4, -0.2) is 31.2 Å². The molecular formula is C18H20N2O3. The van der Waals surface area contributed by atoms with Crippen LogP contribution >= 0.6 is 0 Å². The van der Waals surface area contributed by atoms with Crippen molar-refractivity contribution in [3.8, 4) is 0 Å². The average Bonchev–Trinajstić information content (AvgIpc) is 3.20. The molecule has 120 valence electrons. The number of anilines is 1. The molecule has 0 saturated heterocycles. The number of fused-ring (bicyclic) bond motifs is 1. The van der Waals surface area contributed by atoms with Crippen LogP contribution in [0.1, 0.15) is 22.8 Å². The summed E-state index contributed by atoms with van der Waals surface area (Å²) in [4.78, 5) is 14.0. The molecule has 0 aliphatic carbocycles. The number of likely N-dealkylation sites (N-methyl/N-ethyl adjacent to an activating group) is 1. The first-order valence-electron chi connectivity index (χ1n) is 7.63. The zero-order valence-corrected chi connectivity index (χ0v) is 13.0. The smallest absolute Gasteiger partial charge is 0.244 e. The Morgan fingerprint density at radius 1 is 1.48 bits per heavy atom. The highest BCUT2D eigenvalue weighted by Crippen LogP contribution is 2.29. The molecule has 0 spiro atoms. The minimum atomic E-state index is -0.711. The van der Waals surface area contributed by atoms with Gasteiger partial charge in [-0.05, 0) is 35.8 Å². The molecule has 23 heavy (non-hydrogen) atoms. The van der Waals surface area contributed by atoms with Gasteiger partial charge in [0.15, 0.2) is 0 Å². The number of carbonyl (C=O) groups excluding carboxylic acids is 1. The minimum Gasteiger partial charge on any atom is -0.472 e. The Morgan fingerprint density at radius 3 is 3.13 bits per heavy atom. The molecule has 2 heterocycles. The van der Waals surface area contributed by atoms with E-state index in [1.807, 2.05) is 18.2 Å². The quantitative estimate of drug-likeness (QED) is 0.830. The molecule has 5 heteroatoms. The van der Waals surface area contributed by atoms with Gasteiger partial charge in [-0.3, -0.25) is 4.79 Å². The van der Waals surface area contributed by atoms with Crippen LogP contribution in [0.25, 0.3) is 6.08 Å². The van der Waals surface area contributed by atoms with Crippen LogP contribution in [-0.2, 0) is 11.2 Å². The Labute approximate surface area is 135 Å². The van der Waals surface area contributed by atoms with Gasteiger partial charge in [0.05, 0.1) is 18.6 Å². The highest BCUT2D eigenvalue weighted by atomic mass is 16.3. The fourth-order valence-corrected chi connectivity index (χ4v) is 2.71. The number of furan rings is 1. The lowest BCUT2D eigenvalue weighted by Gasteiger charge is -2.15. The van der Waals surface area contributed by atoms with Crippen LogP contribution in [0.3, 0.4) is 0 Å². The maximum absolute atomic E-state index is 11.8. The van der Waals surface area contributed by atoms with Crippen molar-refractivity contribution in [1.29, 1.82) is 0 Å². The standard InChI is InChI=1S/C18H20N2O3/c1-20-8-6-14-10-15(3-4-16(14)20)17(21)11-19-18(22)5-2-13-7-9-23-12-13/h2-5,7,9-10,12,17,21H,6,8,11H2,1H3,(H,19,22). The average molecular weight is 312 g/mol. The highest BCUT2D eigenvalue weighted by molar-refractivity contribution is 5.91. The highest BCUT2D eigenvalue weighted by Gasteiger charge is 2.17. The molecule has 0 bridgehead atoms. The molecule has 1 unspecified atom stereocenters. The predicted octanol–water partition coefficient (Wildman–Crippen LogP) is 2.13. The monoisotopic (exact) mass is 312 g/mol. The Kier molecular flexibility index (Phi) is 4.48. The summed E-state index contributed by atoms with van der Waals surface area (Å²) >= 11 is 0. The lowest BCUT2D eigenvalue weighted by Crippen LogP contribution is -2.26. The number of amides is 1. The van der Waals surface area contributed by atoms with Gasteiger partial charge in [0, 0.05) is 37.5 Å². The fourth-order valence-electron chi connectivity index (χ4n) is 2.71. The van der Waals surface area contributed by atoms with Crippen LogP contribution in [0.15, 0.2) is 47.3 Å². The Balaban J connectivity index is 1.55. The van der Waals surface area contributed by atoms with Gasteiger partial charge in [-0.25, -0.2) is 0 Å². The summed E-state index contributed by atoms with van der Waals surface area (Å²) in [7, 11) is 2.06. The molecule has 3 rings (SSSR count). The van der Waals surface area contributed by atoms with E-state index in [2.05, 4.69) is 17.3 Å². The molecule has 5 nitrogen and oxygen atoms in total. The molecule has 0 saturated carbocycles. The molecular weight excluding hydrogens is 292 g/mol. The SMILES string of the molecule is CN1CCc2cc(C(O)CNC(=O)C=Cc3ccoc3)ccc21. The third-order valence-electron chi connectivity index (χ3n) is 4.06. The van der Waals surface area contributed by atoms with Crippen molar-refractivity contribution in [2.45, 2.75) is 12.5 Å².